The summed E-state index contributed by atoms with van der Waals surface area (Å²) in [7, 11) is 0. The first-order valence-corrected chi connectivity index (χ1v) is 5.60. The Morgan fingerprint density at radius 2 is 2.07 bits per heavy atom. The van der Waals surface area contributed by atoms with Crippen LogP contribution in [0.3, 0.4) is 0 Å². The van der Waals surface area contributed by atoms with Crippen LogP contribution >= 0.6 is 22.6 Å². The number of amides is 1. The van der Waals surface area contributed by atoms with Gasteiger partial charge in [0.1, 0.15) is 0 Å². The molecule has 0 heterocycles. The van der Waals surface area contributed by atoms with Gasteiger partial charge in [-0.05, 0) is 17.7 Å². The molecule has 4 heteroatoms. The average molecular weight is 300 g/mol. The van der Waals surface area contributed by atoms with Crippen LogP contribution in [0.5, 0.6) is 0 Å². The molecule has 0 aliphatic carbocycles. The second-order valence-electron chi connectivity index (χ2n) is 2.71. The van der Waals surface area contributed by atoms with Gasteiger partial charge in [0.05, 0.1) is 16.9 Å². The first-order chi connectivity index (χ1) is 6.76. The van der Waals surface area contributed by atoms with Gasteiger partial charge in [0, 0.05) is 5.69 Å². The molecule has 1 rings (SSSR count). The highest BCUT2D eigenvalue weighted by molar-refractivity contribution is 14.1. The van der Waals surface area contributed by atoms with Crippen molar-refractivity contribution in [3.05, 3.63) is 29.8 Å². The summed E-state index contributed by atoms with van der Waals surface area (Å²) in [5, 5.41) is 11.2. The van der Waals surface area contributed by atoms with Gasteiger partial charge in [-0.15, -0.1) is 0 Å². The molecular weight excluding hydrogens is 291 g/mol. The van der Waals surface area contributed by atoms with Crippen molar-refractivity contribution >= 4 is 34.2 Å². The SMILES string of the molecule is N#CCc1ccc(NC(=O)CI)cc1. The lowest BCUT2D eigenvalue weighted by Gasteiger charge is -2.02. The van der Waals surface area contributed by atoms with Gasteiger partial charge in [-0.3, -0.25) is 4.79 Å². The van der Waals surface area contributed by atoms with Crippen LogP contribution in [0.4, 0.5) is 5.69 Å². The van der Waals surface area contributed by atoms with Crippen LogP contribution in [0.15, 0.2) is 24.3 Å². The molecule has 0 saturated carbocycles. The number of nitrogens with one attached hydrogen (secondary N) is 1. The zero-order valence-electron chi connectivity index (χ0n) is 7.46. The van der Waals surface area contributed by atoms with Gasteiger partial charge in [0.15, 0.2) is 0 Å². The molecule has 3 nitrogen and oxygen atoms in total. The molecule has 0 bridgehead atoms. The van der Waals surface area contributed by atoms with E-state index >= 15 is 0 Å². The van der Waals surface area contributed by atoms with Crippen LogP contribution in [0.2, 0.25) is 0 Å². The Hall–Kier alpha value is -1.09. The van der Waals surface area contributed by atoms with Gasteiger partial charge in [-0.2, -0.15) is 5.26 Å². The summed E-state index contributed by atoms with van der Waals surface area (Å²) in [6.45, 7) is 0. The molecule has 0 radical (unpaired) electrons. The molecule has 0 fully saturated rings. The standard InChI is InChI=1S/C10H9IN2O/c11-7-10(14)13-9-3-1-8(2-4-9)5-6-12/h1-4H,5,7H2,(H,13,14). The van der Waals surface area contributed by atoms with E-state index in [0.29, 0.717) is 10.8 Å². The maximum Gasteiger partial charge on any atom is 0.234 e. The van der Waals surface area contributed by atoms with Gasteiger partial charge in [-0.1, -0.05) is 34.7 Å². The third-order valence-electron chi connectivity index (χ3n) is 1.64. The van der Waals surface area contributed by atoms with Gasteiger partial charge >= 0.3 is 0 Å². The number of carbonyl (C=O) groups excluding carboxylic acids is 1. The second-order valence-corrected chi connectivity index (χ2v) is 3.48. The number of anilines is 1. The average Bonchev–Trinajstić information content (AvgIpc) is 2.21. The lowest BCUT2D eigenvalue weighted by Crippen LogP contribution is -2.11. The molecule has 1 aromatic rings. The van der Waals surface area contributed by atoms with E-state index in [1.807, 2.05) is 34.7 Å². The van der Waals surface area contributed by atoms with E-state index in [4.69, 9.17) is 5.26 Å². The number of alkyl halides is 1. The maximum atomic E-state index is 11.0. The second kappa shape index (κ2) is 5.60. The number of hydrogen-bond acceptors (Lipinski definition) is 2. The molecule has 0 unspecified atom stereocenters. The molecule has 1 amide bonds. The number of rotatable bonds is 3. The van der Waals surface area contributed by atoms with E-state index in [0.717, 1.165) is 11.3 Å². The highest BCUT2D eigenvalue weighted by atomic mass is 127. The molecule has 14 heavy (non-hydrogen) atoms. The minimum Gasteiger partial charge on any atom is -0.325 e. The largest absolute Gasteiger partial charge is 0.325 e. The highest BCUT2D eigenvalue weighted by Gasteiger charge is 1.98. The summed E-state index contributed by atoms with van der Waals surface area (Å²) in [6, 6.07) is 9.35. The Labute approximate surface area is 96.3 Å². The minimum absolute atomic E-state index is 0.0152. The third-order valence-corrected chi connectivity index (χ3v) is 2.34. The van der Waals surface area contributed by atoms with Crippen molar-refractivity contribution < 1.29 is 4.79 Å². The molecule has 0 aliphatic rings. The molecular formula is C10H9IN2O. The van der Waals surface area contributed by atoms with Crippen LogP contribution in [0.1, 0.15) is 5.56 Å². The van der Waals surface area contributed by atoms with E-state index < -0.39 is 0 Å². The summed E-state index contributed by atoms with van der Waals surface area (Å²) in [4.78, 5) is 11.0. The van der Waals surface area contributed by atoms with E-state index in [2.05, 4.69) is 11.4 Å². The normalized spacial score (nSPS) is 9.14. The third kappa shape index (κ3) is 3.34. The van der Waals surface area contributed by atoms with E-state index in [9.17, 15) is 4.79 Å². The number of halogens is 1. The Bertz CT molecular complexity index is 353. The Morgan fingerprint density at radius 3 is 2.57 bits per heavy atom. The fourth-order valence-electron chi connectivity index (χ4n) is 0.992. The summed E-state index contributed by atoms with van der Waals surface area (Å²) < 4.78 is 0.442. The van der Waals surface area contributed by atoms with E-state index in [1.54, 1.807) is 12.1 Å². The van der Waals surface area contributed by atoms with Crippen molar-refractivity contribution in [2.75, 3.05) is 9.74 Å². The lowest BCUT2D eigenvalue weighted by atomic mass is 10.1. The molecule has 0 saturated heterocycles. The molecule has 72 valence electrons. The molecule has 0 aliphatic heterocycles. The van der Waals surface area contributed by atoms with Crippen LogP contribution in [0, 0.1) is 11.3 Å². The zero-order valence-corrected chi connectivity index (χ0v) is 9.61. The Balaban J connectivity index is 2.65. The maximum absolute atomic E-state index is 11.0. The Morgan fingerprint density at radius 1 is 1.43 bits per heavy atom. The highest BCUT2D eigenvalue weighted by Crippen LogP contribution is 2.09. The number of nitrogens with zero attached hydrogens (tertiary/aromatic N) is 1. The van der Waals surface area contributed by atoms with Crippen molar-refractivity contribution in [2.24, 2.45) is 0 Å². The van der Waals surface area contributed by atoms with Crippen LogP contribution in [-0.2, 0) is 11.2 Å². The number of carbonyl (C=O) groups is 1. The van der Waals surface area contributed by atoms with Crippen LogP contribution in [0.25, 0.3) is 0 Å². The molecule has 0 aromatic heterocycles. The summed E-state index contributed by atoms with van der Waals surface area (Å²) >= 11 is 2.01. The fourth-order valence-corrected chi connectivity index (χ4v) is 1.18. The Kier molecular flexibility index (Phi) is 4.40. The summed E-state index contributed by atoms with van der Waals surface area (Å²) in [5.41, 5.74) is 1.73. The van der Waals surface area contributed by atoms with E-state index in [-0.39, 0.29) is 5.91 Å². The van der Waals surface area contributed by atoms with Gasteiger partial charge in [0.2, 0.25) is 5.91 Å². The van der Waals surface area contributed by atoms with Crippen molar-refractivity contribution in [1.82, 2.24) is 0 Å². The fraction of sp³-hybridized carbons (Fsp3) is 0.200. The first-order valence-electron chi connectivity index (χ1n) is 4.08. The van der Waals surface area contributed by atoms with Gasteiger partial charge < -0.3 is 5.32 Å². The monoisotopic (exact) mass is 300 g/mol. The number of hydrogen-bond donors (Lipinski definition) is 1. The quantitative estimate of drug-likeness (QED) is 0.687. The molecule has 0 spiro atoms. The van der Waals surface area contributed by atoms with Crippen LogP contribution in [-0.4, -0.2) is 10.3 Å². The molecule has 0 atom stereocenters. The lowest BCUT2D eigenvalue weighted by molar-refractivity contribution is -0.113. The van der Waals surface area contributed by atoms with Gasteiger partial charge in [0.25, 0.3) is 0 Å². The first kappa shape index (κ1) is 11.0. The number of benzene rings is 1. The van der Waals surface area contributed by atoms with Crippen molar-refractivity contribution in [1.29, 1.82) is 5.26 Å². The minimum atomic E-state index is -0.0152. The van der Waals surface area contributed by atoms with Gasteiger partial charge in [-0.25, -0.2) is 0 Å². The summed E-state index contributed by atoms with van der Waals surface area (Å²) in [5.74, 6) is -0.0152. The van der Waals surface area contributed by atoms with E-state index in [1.165, 1.54) is 0 Å². The van der Waals surface area contributed by atoms with Crippen LogP contribution < -0.4 is 5.32 Å². The molecule has 1 aromatic carbocycles. The molecule has 1 N–H and O–H groups in total. The zero-order chi connectivity index (χ0) is 10.4. The number of nitriles is 1. The smallest absolute Gasteiger partial charge is 0.234 e. The summed E-state index contributed by atoms with van der Waals surface area (Å²) in [6.07, 6.45) is 0.403. The predicted molar refractivity (Wildman–Crippen MR) is 63.3 cm³/mol. The predicted octanol–water partition coefficient (Wildman–Crippen LogP) is 2.13. The topological polar surface area (TPSA) is 52.9 Å². The van der Waals surface area contributed by atoms with Crippen molar-refractivity contribution in [3.8, 4) is 6.07 Å². The van der Waals surface area contributed by atoms with Crippen molar-refractivity contribution in [3.63, 3.8) is 0 Å². The van der Waals surface area contributed by atoms with Crippen molar-refractivity contribution in [2.45, 2.75) is 6.42 Å².